The van der Waals surface area contributed by atoms with Crippen molar-refractivity contribution in [1.29, 1.82) is 0 Å². The fourth-order valence-corrected chi connectivity index (χ4v) is 5.78. The summed E-state index contributed by atoms with van der Waals surface area (Å²) < 4.78 is 5.53. The Hall–Kier alpha value is -1.83. The number of hydrogen-bond donors (Lipinski definition) is 4. The van der Waals surface area contributed by atoms with Gasteiger partial charge in [-0.1, -0.05) is 33.1 Å². The second kappa shape index (κ2) is 11.9. The number of amides is 3. The first-order valence-electron chi connectivity index (χ1n) is 12.5. The van der Waals surface area contributed by atoms with Crippen LogP contribution in [-0.4, -0.2) is 54.9 Å². The fraction of sp³-hybridized carbons (Fsp3) is 0.875. The first kappa shape index (κ1) is 24.8. The Labute approximate surface area is 191 Å². The molecule has 1 heterocycles. The smallest absolute Gasteiger partial charge is 0.407 e. The summed E-state index contributed by atoms with van der Waals surface area (Å²) in [5, 5.41) is 18.0. The zero-order valence-electron chi connectivity index (χ0n) is 19.6. The molecule has 0 aromatic heterocycles. The maximum absolute atomic E-state index is 12.9. The molecule has 1 aliphatic heterocycles. The van der Waals surface area contributed by atoms with Crippen LogP contribution in [0.5, 0.6) is 0 Å². The van der Waals surface area contributed by atoms with E-state index in [1.165, 1.54) is 25.7 Å². The lowest BCUT2D eigenvalue weighted by Gasteiger charge is -2.38. The van der Waals surface area contributed by atoms with Crippen LogP contribution in [0.3, 0.4) is 0 Å². The zero-order chi connectivity index (χ0) is 23.1. The Kier molecular flexibility index (Phi) is 9.20. The molecule has 1 saturated heterocycles. The van der Waals surface area contributed by atoms with Gasteiger partial charge in [0.25, 0.3) is 0 Å². The second-order valence-corrected chi connectivity index (χ2v) is 10.6. The van der Waals surface area contributed by atoms with Crippen LogP contribution in [0.1, 0.15) is 71.6 Å². The fourth-order valence-electron chi connectivity index (χ4n) is 5.78. The van der Waals surface area contributed by atoms with Gasteiger partial charge in [-0.2, -0.15) is 0 Å². The second-order valence-electron chi connectivity index (χ2n) is 10.6. The van der Waals surface area contributed by atoms with Crippen LogP contribution in [0.4, 0.5) is 4.79 Å². The number of hydrogen-bond acceptors (Lipinski definition) is 5. The number of aliphatic hydroxyl groups is 1. The van der Waals surface area contributed by atoms with E-state index in [-0.39, 0.29) is 30.3 Å². The predicted octanol–water partition coefficient (Wildman–Crippen LogP) is 2.35. The van der Waals surface area contributed by atoms with Gasteiger partial charge in [0, 0.05) is 12.5 Å². The quantitative estimate of drug-likeness (QED) is 0.407. The Balaban J connectivity index is 1.47. The highest BCUT2D eigenvalue weighted by Gasteiger charge is 2.33. The van der Waals surface area contributed by atoms with Gasteiger partial charge in [-0.25, -0.2) is 4.79 Å². The maximum atomic E-state index is 12.9. The highest BCUT2D eigenvalue weighted by molar-refractivity contribution is 5.86. The number of rotatable bonds is 10. The minimum atomic E-state index is -0.736. The van der Waals surface area contributed by atoms with Gasteiger partial charge < -0.3 is 25.8 Å². The number of nitrogens with one attached hydrogen (secondary N) is 3. The summed E-state index contributed by atoms with van der Waals surface area (Å²) in [7, 11) is 0. The third-order valence-corrected chi connectivity index (χ3v) is 7.29. The van der Waals surface area contributed by atoms with Gasteiger partial charge in [0.1, 0.15) is 6.04 Å². The van der Waals surface area contributed by atoms with Crippen molar-refractivity contribution in [3.8, 4) is 0 Å². The Bertz CT molecular complexity index is 644. The molecule has 4 N–H and O–H groups in total. The first-order chi connectivity index (χ1) is 15.3. The third-order valence-electron chi connectivity index (χ3n) is 7.29. The van der Waals surface area contributed by atoms with E-state index in [4.69, 9.17) is 4.74 Å². The van der Waals surface area contributed by atoms with Crippen molar-refractivity contribution < 1.29 is 24.2 Å². The highest BCUT2D eigenvalue weighted by Crippen LogP contribution is 2.42. The van der Waals surface area contributed by atoms with Gasteiger partial charge in [-0.05, 0) is 62.2 Å². The van der Waals surface area contributed by atoms with Crippen molar-refractivity contribution in [2.75, 3.05) is 19.8 Å². The van der Waals surface area contributed by atoms with Crippen molar-refractivity contribution >= 4 is 17.9 Å². The number of carbonyl (C=O) groups excluding carboxylic acids is 3. The number of aliphatic hydroxyl groups excluding tert-OH is 1. The van der Waals surface area contributed by atoms with Crippen LogP contribution in [0.15, 0.2) is 0 Å². The monoisotopic (exact) mass is 451 g/mol. The van der Waals surface area contributed by atoms with E-state index in [9.17, 15) is 19.5 Å². The van der Waals surface area contributed by atoms with Crippen molar-refractivity contribution in [1.82, 2.24) is 16.0 Å². The molecule has 0 aromatic rings. The molecule has 3 aliphatic rings. The molecule has 2 unspecified atom stereocenters. The number of ether oxygens (including phenoxy) is 1. The molecule has 0 spiro atoms. The average molecular weight is 452 g/mol. The van der Waals surface area contributed by atoms with E-state index in [2.05, 4.69) is 16.0 Å². The summed E-state index contributed by atoms with van der Waals surface area (Å²) in [4.78, 5) is 37.2. The van der Waals surface area contributed by atoms with Crippen molar-refractivity contribution in [3.63, 3.8) is 0 Å². The molecular weight excluding hydrogens is 410 g/mol. The molecular formula is C24H41N3O5. The maximum Gasteiger partial charge on any atom is 0.407 e. The van der Waals surface area contributed by atoms with Crippen molar-refractivity contribution in [2.24, 2.45) is 29.6 Å². The van der Waals surface area contributed by atoms with Crippen LogP contribution in [0.2, 0.25) is 0 Å². The first-order valence-corrected chi connectivity index (χ1v) is 12.5. The number of carbonyl (C=O) groups is 3. The average Bonchev–Trinajstić information content (AvgIpc) is 3.15. The number of alkyl carbamates (subject to hydrolysis) is 1. The van der Waals surface area contributed by atoms with E-state index < -0.39 is 18.2 Å². The molecule has 3 rings (SSSR count). The molecule has 3 amide bonds. The lowest BCUT2D eigenvalue weighted by Crippen LogP contribution is -2.51. The summed E-state index contributed by atoms with van der Waals surface area (Å²) in [6, 6.07) is -1.26. The Morgan fingerprint density at radius 1 is 1.12 bits per heavy atom. The molecule has 0 aromatic carbocycles. The molecule has 32 heavy (non-hydrogen) atoms. The minimum Gasteiger partial charge on any atom is -0.449 e. The standard InChI is InChI=1S/C24H41N3O5/c1-15(2)8-21(23(30)26-20(13-28)12-19-6-7-25-22(19)29)27-24(31)32-14-18-10-16-4-3-5-17(9-16)11-18/h15-21,28H,3-14H2,1-2H3,(H,25,29)(H,26,30)(H,27,31)/t16?,17?,18?,19-,20-,21-/m0/s1. The predicted molar refractivity (Wildman–Crippen MR) is 121 cm³/mol. The lowest BCUT2D eigenvalue weighted by molar-refractivity contribution is -0.126. The van der Waals surface area contributed by atoms with Gasteiger partial charge in [0.05, 0.1) is 19.3 Å². The molecule has 8 heteroatoms. The largest absolute Gasteiger partial charge is 0.449 e. The molecule has 2 bridgehead atoms. The van der Waals surface area contributed by atoms with E-state index in [0.717, 1.165) is 24.7 Å². The van der Waals surface area contributed by atoms with Crippen LogP contribution in [0.25, 0.3) is 0 Å². The molecule has 182 valence electrons. The van der Waals surface area contributed by atoms with Crippen LogP contribution >= 0.6 is 0 Å². The molecule has 2 saturated carbocycles. The normalized spacial score (nSPS) is 29.2. The summed E-state index contributed by atoms with van der Waals surface area (Å²) in [5.74, 6) is 1.57. The van der Waals surface area contributed by atoms with E-state index in [1.54, 1.807) is 0 Å². The van der Waals surface area contributed by atoms with Gasteiger partial charge in [-0.3, -0.25) is 9.59 Å². The Morgan fingerprint density at radius 2 is 1.84 bits per heavy atom. The van der Waals surface area contributed by atoms with Gasteiger partial charge in [-0.15, -0.1) is 0 Å². The van der Waals surface area contributed by atoms with Gasteiger partial charge in [0.2, 0.25) is 11.8 Å². The van der Waals surface area contributed by atoms with Gasteiger partial charge in [0.15, 0.2) is 0 Å². The van der Waals surface area contributed by atoms with E-state index in [1.807, 2.05) is 13.8 Å². The van der Waals surface area contributed by atoms with Crippen LogP contribution in [0, 0.1) is 29.6 Å². The van der Waals surface area contributed by atoms with Crippen LogP contribution in [-0.2, 0) is 14.3 Å². The third kappa shape index (κ3) is 7.36. The molecule has 2 aliphatic carbocycles. The summed E-state index contributed by atoms with van der Waals surface area (Å²) in [5.41, 5.74) is 0. The van der Waals surface area contributed by atoms with Crippen molar-refractivity contribution in [3.05, 3.63) is 0 Å². The highest BCUT2D eigenvalue weighted by atomic mass is 16.5. The molecule has 5 atom stereocenters. The zero-order valence-corrected chi connectivity index (χ0v) is 19.6. The summed E-state index contributed by atoms with van der Waals surface area (Å²) in [6.07, 6.45) is 8.51. The topological polar surface area (TPSA) is 117 Å². The summed E-state index contributed by atoms with van der Waals surface area (Å²) >= 11 is 0. The molecule has 3 fully saturated rings. The van der Waals surface area contributed by atoms with Crippen molar-refractivity contribution in [2.45, 2.75) is 83.7 Å². The minimum absolute atomic E-state index is 0.0371. The number of fused-ring (bicyclic) bond motifs is 2. The van der Waals surface area contributed by atoms with Crippen LogP contribution < -0.4 is 16.0 Å². The summed E-state index contributed by atoms with van der Waals surface area (Å²) in [6.45, 7) is 4.76. The lowest BCUT2D eigenvalue weighted by atomic mass is 9.68. The van der Waals surface area contributed by atoms with Gasteiger partial charge >= 0.3 is 6.09 Å². The molecule has 0 radical (unpaired) electrons. The Morgan fingerprint density at radius 3 is 2.44 bits per heavy atom. The molecule has 8 nitrogen and oxygen atoms in total. The van der Waals surface area contributed by atoms with E-state index in [0.29, 0.717) is 38.3 Å². The SMILES string of the molecule is CC(C)C[C@H](NC(=O)OCC1CC2CCCC(C2)C1)C(=O)N[C@H](CO)C[C@@H]1CCNC1=O. The van der Waals surface area contributed by atoms with E-state index >= 15 is 0 Å².